The molecule has 1 amide bonds. The maximum absolute atomic E-state index is 13.9. The fourth-order valence-corrected chi connectivity index (χ4v) is 4.29. The lowest BCUT2D eigenvalue weighted by Gasteiger charge is -2.32. The van der Waals surface area contributed by atoms with Gasteiger partial charge in [-0.05, 0) is 55.6 Å². The Hall–Kier alpha value is -2.62. The van der Waals surface area contributed by atoms with Crippen LogP contribution < -0.4 is 5.73 Å². The Balaban J connectivity index is 0.00000129. The van der Waals surface area contributed by atoms with Crippen molar-refractivity contribution in [1.82, 2.24) is 9.80 Å². The van der Waals surface area contributed by atoms with Gasteiger partial charge in [-0.2, -0.15) is 0 Å². The number of nitrogens with zero attached hydrogens (tertiary/aromatic N) is 2. The van der Waals surface area contributed by atoms with Crippen LogP contribution in [-0.4, -0.2) is 60.0 Å². The number of carbonyl (C=O) groups is 2. The number of carboxylic acid groups (broad SMARTS) is 1. The van der Waals surface area contributed by atoms with Gasteiger partial charge >= 0.3 is 0 Å². The lowest BCUT2D eigenvalue weighted by molar-refractivity contribution is -0.131. The second-order valence-corrected chi connectivity index (χ2v) is 8.59. The molecule has 0 saturated carbocycles. The summed E-state index contributed by atoms with van der Waals surface area (Å²) >= 11 is 6.43. The summed E-state index contributed by atoms with van der Waals surface area (Å²) in [4.78, 5) is 25.1. The number of hydrogen-bond acceptors (Lipinski definition) is 4. The number of likely N-dealkylation sites (tertiary alicyclic amines) is 1. The minimum absolute atomic E-state index is 0.0370. The maximum Gasteiger partial charge on any atom is 0.290 e. The number of carbonyl (C=O) groups excluding carboxylic acids is 1. The zero-order valence-electron chi connectivity index (χ0n) is 18.9. The molecule has 1 aliphatic rings. The molecule has 1 heterocycles. The van der Waals surface area contributed by atoms with E-state index in [1.807, 2.05) is 24.3 Å². The molecule has 1 unspecified atom stereocenters. The fraction of sp³-hybridized carbons (Fsp3) is 0.417. The van der Waals surface area contributed by atoms with Crippen molar-refractivity contribution in [1.29, 1.82) is 0 Å². The van der Waals surface area contributed by atoms with Gasteiger partial charge in [0, 0.05) is 37.1 Å². The zero-order chi connectivity index (χ0) is 25.3. The maximum atomic E-state index is 13.9. The third kappa shape index (κ3) is 7.72. The Morgan fingerprint density at radius 3 is 2.38 bits per heavy atom. The Morgan fingerprint density at radius 2 is 1.76 bits per heavy atom. The molecule has 0 aromatic heterocycles. The van der Waals surface area contributed by atoms with Crippen LogP contribution in [0.15, 0.2) is 36.4 Å². The number of hydrogen-bond donors (Lipinski definition) is 2. The van der Waals surface area contributed by atoms with Gasteiger partial charge in [0.05, 0.1) is 6.04 Å². The van der Waals surface area contributed by atoms with Crippen LogP contribution in [-0.2, 0) is 16.0 Å². The molecule has 10 heteroatoms. The molecule has 1 saturated heterocycles. The van der Waals surface area contributed by atoms with E-state index in [2.05, 4.69) is 4.90 Å². The lowest BCUT2D eigenvalue weighted by Crippen LogP contribution is -2.40. The molecule has 186 valence electrons. The van der Waals surface area contributed by atoms with Crippen molar-refractivity contribution >= 4 is 24.0 Å². The fourth-order valence-electron chi connectivity index (χ4n) is 4.03. The highest BCUT2D eigenvalue weighted by molar-refractivity contribution is 6.31. The number of halogens is 4. The van der Waals surface area contributed by atoms with E-state index in [0.29, 0.717) is 17.6 Å². The highest BCUT2D eigenvalue weighted by Crippen LogP contribution is 2.31. The van der Waals surface area contributed by atoms with E-state index in [1.54, 1.807) is 11.9 Å². The quantitative estimate of drug-likeness (QED) is 0.423. The Bertz CT molecular complexity index is 974. The zero-order valence-corrected chi connectivity index (χ0v) is 19.6. The van der Waals surface area contributed by atoms with E-state index in [4.69, 9.17) is 27.2 Å². The molecule has 0 bridgehead atoms. The predicted octanol–water partition coefficient (Wildman–Crippen LogP) is 4.01. The number of nitrogens with two attached hydrogens (primary N) is 1. The number of rotatable bonds is 8. The molecular formula is C24H29ClF3N3O3. The average Bonchev–Trinajstić information content (AvgIpc) is 3.31. The lowest BCUT2D eigenvalue weighted by atomic mass is 10.0. The highest BCUT2D eigenvalue weighted by atomic mass is 35.5. The first-order valence-corrected chi connectivity index (χ1v) is 11.2. The monoisotopic (exact) mass is 499 g/mol. The Kier molecular flexibility index (Phi) is 10.8. The van der Waals surface area contributed by atoms with E-state index in [1.165, 1.54) is 0 Å². The van der Waals surface area contributed by atoms with Crippen molar-refractivity contribution in [2.24, 2.45) is 5.73 Å². The van der Waals surface area contributed by atoms with Gasteiger partial charge in [0.15, 0.2) is 11.6 Å². The van der Waals surface area contributed by atoms with Crippen LogP contribution in [0.3, 0.4) is 0 Å². The third-order valence-electron chi connectivity index (χ3n) is 5.73. The van der Waals surface area contributed by atoms with Gasteiger partial charge in [-0.1, -0.05) is 29.8 Å². The third-order valence-corrected chi connectivity index (χ3v) is 6.07. The minimum atomic E-state index is -1.25. The molecule has 2 aromatic carbocycles. The van der Waals surface area contributed by atoms with Crippen molar-refractivity contribution in [3.63, 3.8) is 0 Å². The van der Waals surface area contributed by atoms with E-state index < -0.39 is 23.5 Å². The summed E-state index contributed by atoms with van der Waals surface area (Å²) in [7, 11) is 1.70. The summed E-state index contributed by atoms with van der Waals surface area (Å²) < 4.78 is 40.4. The van der Waals surface area contributed by atoms with Gasteiger partial charge in [-0.3, -0.25) is 14.5 Å². The van der Waals surface area contributed by atoms with Crippen molar-refractivity contribution in [2.45, 2.75) is 37.8 Å². The summed E-state index contributed by atoms with van der Waals surface area (Å²) in [6.45, 7) is 2.06. The molecule has 0 aliphatic carbocycles. The first-order chi connectivity index (χ1) is 16.2. The highest BCUT2D eigenvalue weighted by Gasteiger charge is 2.28. The summed E-state index contributed by atoms with van der Waals surface area (Å²) in [5.41, 5.74) is 6.95. The van der Waals surface area contributed by atoms with Crippen LogP contribution in [0.4, 0.5) is 13.2 Å². The van der Waals surface area contributed by atoms with Crippen molar-refractivity contribution in [3.05, 3.63) is 70.0 Å². The van der Waals surface area contributed by atoms with Crippen LogP contribution in [0.5, 0.6) is 0 Å². The van der Waals surface area contributed by atoms with Crippen LogP contribution in [0, 0.1) is 17.5 Å². The molecular weight excluding hydrogens is 471 g/mol. The predicted molar refractivity (Wildman–Crippen MR) is 124 cm³/mol. The van der Waals surface area contributed by atoms with Gasteiger partial charge in [0.1, 0.15) is 5.82 Å². The number of likely N-dealkylation sites (N-methyl/N-ethyl adjacent to an activating group) is 1. The second kappa shape index (κ2) is 13.3. The van der Waals surface area contributed by atoms with Crippen LogP contribution >= 0.6 is 11.6 Å². The van der Waals surface area contributed by atoms with Crippen LogP contribution in [0.2, 0.25) is 5.02 Å². The molecule has 6 nitrogen and oxygen atoms in total. The average molecular weight is 500 g/mol. The summed E-state index contributed by atoms with van der Waals surface area (Å²) in [5, 5.41) is 7.55. The first kappa shape index (κ1) is 27.6. The first-order valence-electron chi connectivity index (χ1n) is 10.9. The van der Waals surface area contributed by atoms with Crippen LogP contribution in [0.25, 0.3) is 0 Å². The molecule has 1 aliphatic heterocycles. The van der Waals surface area contributed by atoms with E-state index >= 15 is 0 Å². The summed E-state index contributed by atoms with van der Waals surface area (Å²) in [6.07, 6.45) is 2.10. The van der Waals surface area contributed by atoms with Crippen molar-refractivity contribution < 1.29 is 27.9 Å². The molecule has 1 fully saturated rings. The Labute approximate surface area is 202 Å². The molecule has 0 radical (unpaired) electrons. The standard InChI is InChI=1S/C23H27ClF3N3O.CH2O2/c1-29(14-22(30-8-4-5-9-30)17-6-2-3-7-18(17)24)23(31)12-16(28)10-15-11-20(26)21(27)13-19(15)25;2-1-3/h2-3,6-7,11,13,16,22H,4-5,8-10,12,14,28H2,1H3;1H,(H,2,3)/t16-,22?;/m1./s1. The molecule has 3 rings (SSSR count). The smallest absolute Gasteiger partial charge is 0.290 e. The van der Waals surface area contributed by atoms with Crippen LogP contribution in [0.1, 0.15) is 36.4 Å². The van der Waals surface area contributed by atoms with E-state index in [0.717, 1.165) is 37.6 Å². The number of benzene rings is 2. The van der Waals surface area contributed by atoms with Gasteiger partial charge in [0.25, 0.3) is 6.47 Å². The largest absolute Gasteiger partial charge is 0.483 e. The molecule has 3 N–H and O–H groups in total. The molecule has 2 aromatic rings. The van der Waals surface area contributed by atoms with Gasteiger partial charge in [0.2, 0.25) is 5.91 Å². The Morgan fingerprint density at radius 1 is 1.18 bits per heavy atom. The number of amides is 1. The van der Waals surface area contributed by atoms with Crippen molar-refractivity contribution in [3.8, 4) is 0 Å². The topological polar surface area (TPSA) is 86.9 Å². The second-order valence-electron chi connectivity index (χ2n) is 8.19. The summed E-state index contributed by atoms with van der Waals surface area (Å²) in [5.74, 6) is -3.46. The van der Waals surface area contributed by atoms with Gasteiger partial charge in [-0.15, -0.1) is 0 Å². The van der Waals surface area contributed by atoms with E-state index in [9.17, 15) is 18.0 Å². The van der Waals surface area contributed by atoms with Crippen molar-refractivity contribution in [2.75, 3.05) is 26.7 Å². The normalized spacial score (nSPS) is 15.2. The molecule has 0 spiro atoms. The molecule has 2 atom stereocenters. The van der Waals surface area contributed by atoms with Gasteiger partial charge < -0.3 is 15.7 Å². The minimum Gasteiger partial charge on any atom is -0.483 e. The van der Waals surface area contributed by atoms with E-state index in [-0.39, 0.29) is 36.8 Å². The molecule has 34 heavy (non-hydrogen) atoms. The summed E-state index contributed by atoms with van der Waals surface area (Å²) in [6, 6.07) is 8.14. The SMILES string of the molecule is CN(CC(c1ccccc1Cl)N1CCCC1)C(=O)C[C@H](N)Cc1cc(F)c(F)cc1F.O=CO. The van der Waals surface area contributed by atoms with Gasteiger partial charge in [-0.25, -0.2) is 13.2 Å².